The summed E-state index contributed by atoms with van der Waals surface area (Å²) < 4.78 is 54.3. The molecule has 0 bridgehead atoms. The molecule has 0 aliphatic heterocycles. The third-order valence-electron chi connectivity index (χ3n) is 2.14. The van der Waals surface area contributed by atoms with Gasteiger partial charge in [0.2, 0.25) is 10.0 Å². The third-order valence-corrected chi connectivity index (χ3v) is 3.57. The maximum atomic E-state index is 11.9. The van der Waals surface area contributed by atoms with Crippen molar-refractivity contribution in [3.05, 3.63) is 24.0 Å². The van der Waals surface area contributed by atoms with E-state index in [0.29, 0.717) is 5.56 Å². The molecule has 0 radical (unpaired) electrons. The predicted octanol–water partition coefficient (Wildman–Crippen LogP) is -0.0482. The van der Waals surface area contributed by atoms with Crippen LogP contribution in [0.1, 0.15) is 5.56 Å². The topological polar surface area (TPSA) is 94.3 Å². The lowest BCUT2D eigenvalue weighted by molar-refractivity contribution is 0.0199. The van der Waals surface area contributed by atoms with E-state index < -0.39 is 23.1 Å². The van der Waals surface area contributed by atoms with Crippen molar-refractivity contribution in [3.8, 4) is 11.8 Å². The first-order valence-electron chi connectivity index (χ1n) is 5.95. The zero-order chi connectivity index (χ0) is 15.7. The van der Waals surface area contributed by atoms with Gasteiger partial charge < -0.3 is 10.5 Å². The van der Waals surface area contributed by atoms with Gasteiger partial charge in [-0.3, -0.25) is 4.98 Å². The van der Waals surface area contributed by atoms with Crippen LogP contribution in [0.2, 0.25) is 0 Å². The van der Waals surface area contributed by atoms with Crippen LogP contribution in [0.4, 0.5) is 8.78 Å². The second-order valence-corrected chi connectivity index (χ2v) is 5.55. The van der Waals surface area contributed by atoms with Crippen molar-refractivity contribution in [3.63, 3.8) is 0 Å². The molecule has 1 aromatic heterocycles. The second kappa shape index (κ2) is 8.63. The van der Waals surface area contributed by atoms with Crippen molar-refractivity contribution < 1.29 is 21.9 Å². The van der Waals surface area contributed by atoms with Gasteiger partial charge in [-0.15, -0.1) is 0 Å². The molecule has 0 saturated heterocycles. The van der Waals surface area contributed by atoms with Crippen molar-refractivity contribution >= 4 is 10.0 Å². The highest BCUT2D eigenvalue weighted by Gasteiger charge is 2.14. The molecule has 0 aromatic carbocycles. The zero-order valence-electron chi connectivity index (χ0n) is 11.1. The molecule has 3 N–H and O–H groups in total. The Morgan fingerprint density at radius 2 is 2.19 bits per heavy atom. The number of alkyl halides is 2. The highest BCUT2D eigenvalue weighted by atomic mass is 32.2. The van der Waals surface area contributed by atoms with Crippen LogP contribution < -0.4 is 10.5 Å². The number of sulfonamides is 1. The minimum absolute atomic E-state index is 0.0693. The minimum Gasteiger partial charge on any atom is -0.374 e. The van der Waals surface area contributed by atoms with Gasteiger partial charge in [-0.2, -0.15) is 0 Å². The van der Waals surface area contributed by atoms with Gasteiger partial charge in [0.1, 0.15) is 11.5 Å². The van der Waals surface area contributed by atoms with Gasteiger partial charge in [-0.25, -0.2) is 21.9 Å². The van der Waals surface area contributed by atoms with Crippen LogP contribution in [0.5, 0.6) is 0 Å². The van der Waals surface area contributed by atoms with Crippen LogP contribution in [0.25, 0.3) is 0 Å². The maximum Gasteiger partial charge on any atom is 0.261 e. The summed E-state index contributed by atoms with van der Waals surface area (Å²) in [6.45, 7) is -0.846. The molecule has 0 spiro atoms. The first-order valence-corrected chi connectivity index (χ1v) is 7.43. The van der Waals surface area contributed by atoms with E-state index in [-0.39, 0.29) is 24.6 Å². The van der Waals surface area contributed by atoms with E-state index in [1.807, 2.05) is 0 Å². The molecule has 21 heavy (non-hydrogen) atoms. The first kappa shape index (κ1) is 17.5. The number of halogens is 2. The molecule has 0 atom stereocenters. The minimum atomic E-state index is -3.79. The fraction of sp³-hybridized carbons (Fsp3) is 0.417. The Balaban J connectivity index is 2.61. The molecular formula is C12H15F2N3O3S. The number of ether oxygens (including phenoxy) is 1. The van der Waals surface area contributed by atoms with Gasteiger partial charge in [0.25, 0.3) is 6.43 Å². The molecule has 6 nitrogen and oxygen atoms in total. The molecule has 116 valence electrons. The average molecular weight is 319 g/mol. The van der Waals surface area contributed by atoms with Crippen LogP contribution in [0.15, 0.2) is 23.4 Å². The molecule has 1 aromatic rings. The first-order chi connectivity index (χ1) is 9.95. The van der Waals surface area contributed by atoms with Crippen LogP contribution in [0.3, 0.4) is 0 Å². The number of hydrogen-bond acceptors (Lipinski definition) is 5. The van der Waals surface area contributed by atoms with E-state index >= 15 is 0 Å². The Kier molecular flexibility index (Phi) is 7.18. The lowest BCUT2D eigenvalue weighted by Gasteiger charge is -2.07. The van der Waals surface area contributed by atoms with Gasteiger partial charge in [-0.05, 0) is 6.07 Å². The summed E-state index contributed by atoms with van der Waals surface area (Å²) in [5.74, 6) is 5.25. The van der Waals surface area contributed by atoms with Gasteiger partial charge in [0.15, 0.2) is 0 Å². The monoisotopic (exact) mass is 319 g/mol. The number of aromatic nitrogens is 1. The van der Waals surface area contributed by atoms with Gasteiger partial charge in [0.05, 0.1) is 13.2 Å². The molecule has 9 heteroatoms. The Bertz CT molecular complexity index is 612. The fourth-order valence-electron chi connectivity index (χ4n) is 1.29. The predicted molar refractivity (Wildman–Crippen MR) is 72.2 cm³/mol. The second-order valence-electron chi connectivity index (χ2n) is 3.78. The molecular weight excluding hydrogens is 304 g/mol. The Morgan fingerprint density at radius 3 is 2.86 bits per heavy atom. The number of hydrogen-bond donors (Lipinski definition) is 2. The average Bonchev–Trinajstić information content (AvgIpc) is 2.44. The Hall–Kier alpha value is -1.60. The summed E-state index contributed by atoms with van der Waals surface area (Å²) in [5.41, 5.74) is 5.64. The van der Waals surface area contributed by atoms with Crippen molar-refractivity contribution in [2.24, 2.45) is 5.73 Å². The summed E-state index contributed by atoms with van der Waals surface area (Å²) in [6.07, 6.45) is -0.00717. The zero-order valence-corrected chi connectivity index (χ0v) is 11.9. The number of nitrogens with one attached hydrogen (secondary N) is 1. The lowest BCUT2D eigenvalue weighted by atomic mass is 10.3. The van der Waals surface area contributed by atoms with Gasteiger partial charge in [-0.1, -0.05) is 11.8 Å². The van der Waals surface area contributed by atoms with Crippen LogP contribution >= 0.6 is 0 Å². The van der Waals surface area contributed by atoms with E-state index in [1.54, 1.807) is 0 Å². The Labute approximate surface area is 121 Å². The van der Waals surface area contributed by atoms with E-state index in [1.165, 1.54) is 12.3 Å². The number of nitrogens with zero attached hydrogens (tertiary/aromatic N) is 1. The molecule has 0 unspecified atom stereocenters. The quantitative estimate of drug-likeness (QED) is 0.543. The molecule has 1 rings (SSSR count). The molecule has 0 aliphatic rings. The number of nitrogens with two attached hydrogens (primary N) is 1. The standard InChI is InChI=1S/C12H15F2N3O3S/c13-12(14)9-20-5-4-17-21(18,19)11-6-10(2-1-3-15)7-16-8-11/h6-8,12,17H,3-5,9,15H2. The van der Waals surface area contributed by atoms with Gasteiger partial charge in [0, 0.05) is 24.5 Å². The van der Waals surface area contributed by atoms with Gasteiger partial charge >= 0.3 is 0 Å². The van der Waals surface area contributed by atoms with Crippen molar-refractivity contribution in [1.29, 1.82) is 0 Å². The highest BCUT2D eigenvalue weighted by molar-refractivity contribution is 7.89. The molecule has 1 heterocycles. The largest absolute Gasteiger partial charge is 0.374 e. The van der Waals surface area contributed by atoms with E-state index in [0.717, 1.165) is 6.20 Å². The summed E-state index contributed by atoms with van der Waals surface area (Å²) in [4.78, 5) is 3.71. The molecule has 0 fully saturated rings. The SMILES string of the molecule is NCC#Cc1cncc(S(=O)(=O)NCCOCC(F)F)c1. The molecule has 0 saturated carbocycles. The summed E-state index contributed by atoms with van der Waals surface area (Å²) >= 11 is 0. The molecule has 0 aliphatic carbocycles. The smallest absolute Gasteiger partial charge is 0.261 e. The Morgan fingerprint density at radius 1 is 1.43 bits per heavy atom. The van der Waals surface area contributed by atoms with E-state index in [4.69, 9.17) is 5.73 Å². The van der Waals surface area contributed by atoms with Crippen molar-refractivity contribution in [2.75, 3.05) is 26.3 Å². The van der Waals surface area contributed by atoms with Crippen LogP contribution in [0, 0.1) is 11.8 Å². The summed E-state index contributed by atoms with van der Waals surface area (Å²) in [5, 5.41) is 0. The maximum absolute atomic E-state index is 11.9. The number of rotatable bonds is 7. The third kappa shape index (κ3) is 6.59. The van der Waals surface area contributed by atoms with E-state index in [9.17, 15) is 17.2 Å². The highest BCUT2D eigenvalue weighted by Crippen LogP contribution is 2.08. The normalized spacial score (nSPS) is 11.2. The summed E-state index contributed by atoms with van der Waals surface area (Å²) in [7, 11) is -3.79. The number of pyridine rings is 1. The van der Waals surface area contributed by atoms with Crippen LogP contribution in [-0.2, 0) is 14.8 Å². The lowest BCUT2D eigenvalue weighted by Crippen LogP contribution is -2.28. The fourth-order valence-corrected chi connectivity index (χ4v) is 2.29. The molecule has 0 amide bonds. The summed E-state index contributed by atoms with van der Waals surface area (Å²) in [6, 6.07) is 1.35. The van der Waals surface area contributed by atoms with Crippen molar-refractivity contribution in [2.45, 2.75) is 11.3 Å². The van der Waals surface area contributed by atoms with E-state index in [2.05, 4.69) is 26.3 Å². The van der Waals surface area contributed by atoms with Crippen LogP contribution in [-0.4, -0.2) is 46.1 Å². The van der Waals surface area contributed by atoms with Crippen molar-refractivity contribution in [1.82, 2.24) is 9.71 Å².